The molecule has 34 heavy (non-hydrogen) atoms. The third-order valence-corrected chi connectivity index (χ3v) is 5.84. The Morgan fingerprint density at radius 2 is 1.65 bits per heavy atom. The number of aryl methyl sites for hydroxylation is 1. The first kappa shape index (κ1) is 23.5. The predicted octanol–water partition coefficient (Wildman–Crippen LogP) is 5.87. The molecular formula is C26H22Cl2N4O2. The van der Waals surface area contributed by atoms with Crippen LogP contribution in [0.2, 0.25) is 10.0 Å². The number of rotatable bonds is 6. The van der Waals surface area contributed by atoms with Crippen LogP contribution in [0.25, 0.3) is 16.9 Å². The van der Waals surface area contributed by atoms with Crippen LogP contribution in [-0.2, 0) is 4.79 Å². The number of halogens is 2. The molecule has 0 spiro atoms. The van der Waals surface area contributed by atoms with E-state index >= 15 is 0 Å². The van der Waals surface area contributed by atoms with Gasteiger partial charge in [0.2, 0.25) is 5.91 Å². The summed E-state index contributed by atoms with van der Waals surface area (Å²) in [6.45, 7) is 1.79. The fourth-order valence-electron chi connectivity index (χ4n) is 3.54. The van der Waals surface area contributed by atoms with Gasteiger partial charge in [-0.25, -0.2) is 4.68 Å². The Labute approximate surface area is 207 Å². The largest absolute Gasteiger partial charge is 0.332 e. The minimum Gasteiger partial charge on any atom is -0.332 e. The van der Waals surface area contributed by atoms with Crippen molar-refractivity contribution in [2.75, 3.05) is 18.9 Å². The summed E-state index contributed by atoms with van der Waals surface area (Å²) < 4.78 is 1.67. The Morgan fingerprint density at radius 1 is 0.971 bits per heavy atom. The number of anilines is 1. The molecule has 1 heterocycles. The van der Waals surface area contributed by atoms with Crippen LogP contribution >= 0.6 is 23.2 Å². The highest BCUT2D eigenvalue weighted by Gasteiger charge is 2.23. The van der Waals surface area contributed by atoms with E-state index in [1.165, 1.54) is 4.90 Å². The Hall–Kier alpha value is -3.61. The van der Waals surface area contributed by atoms with Crippen molar-refractivity contribution in [2.24, 2.45) is 0 Å². The molecule has 0 aliphatic heterocycles. The standard InChI is InChI=1S/C26H22Cl2N4O2/c1-17-8-6-9-18(14-17)24-20(15-32(30-24)19-10-4-3-5-11-19)26(34)31(2)16-23(33)29-25-21(27)12-7-13-22(25)28/h3-15H,16H2,1-2H3,(H,29,33). The zero-order valence-electron chi connectivity index (χ0n) is 18.6. The minimum absolute atomic E-state index is 0.190. The zero-order valence-corrected chi connectivity index (χ0v) is 20.1. The van der Waals surface area contributed by atoms with Crippen molar-refractivity contribution in [1.82, 2.24) is 14.7 Å². The molecule has 6 nitrogen and oxygen atoms in total. The third kappa shape index (κ3) is 5.14. The fourth-order valence-corrected chi connectivity index (χ4v) is 4.03. The number of hydrogen-bond acceptors (Lipinski definition) is 3. The average molecular weight is 493 g/mol. The number of carbonyl (C=O) groups excluding carboxylic acids is 2. The lowest BCUT2D eigenvalue weighted by Gasteiger charge is -2.17. The zero-order chi connectivity index (χ0) is 24.2. The molecular weight excluding hydrogens is 471 g/mol. The number of nitrogens with one attached hydrogen (secondary N) is 1. The summed E-state index contributed by atoms with van der Waals surface area (Å²) >= 11 is 12.3. The van der Waals surface area contributed by atoms with Crippen LogP contribution in [0.3, 0.4) is 0 Å². The lowest BCUT2D eigenvalue weighted by atomic mass is 10.1. The highest BCUT2D eigenvalue weighted by Crippen LogP contribution is 2.30. The molecule has 2 amide bonds. The van der Waals surface area contributed by atoms with Crippen molar-refractivity contribution in [3.63, 3.8) is 0 Å². The van der Waals surface area contributed by atoms with E-state index in [0.29, 0.717) is 27.0 Å². The minimum atomic E-state index is -0.418. The van der Waals surface area contributed by atoms with Gasteiger partial charge in [0.15, 0.2) is 0 Å². The number of amides is 2. The van der Waals surface area contributed by atoms with Crippen LogP contribution in [0.5, 0.6) is 0 Å². The molecule has 0 fully saturated rings. The summed E-state index contributed by atoms with van der Waals surface area (Å²) in [5, 5.41) is 8.02. The molecule has 0 saturated carbocycles. The van der Waals surface area contributed by atoms with Gasteiger partial charge in [-0.3, -0.25) is 9.59 Å². The van der Waals surface area contributed by atoms with Gasteiger partial charge in [0.25, 0.3) is 5.91 Å². The lowest BCUT2D eigenvalue weighted by molar-refractivity contribution is -0.116. The first-order chi connectivity index (χ1) is 16.3. The van der Waals surface area contributed by atoms with Crippen LogP contribution < -0.4 is 5.32 Å². The molecule has 0 bridgehead atoms. The number of nitrogens with zero attached hydrogens (tertiary/aromatic N) is 3. The highest BCUT2D eigenvalue weighted by atomic mass is 35.5. The molecule has 1 aromatic heterocycles. The molecule has 4 rings (SSSR count). The maximum atomic E-state index is 13.4. The normalized spacial score (nSPS) is 10.7. The van der Waals surface area contributed by atoms with Gasteiger partial charge in [0.05, 0.1) is 33.5 Å². The maximum Gasteiger partial charge on any atom is 0.257 e. The molecule has 0 radical (unpaired) electrons. The smallest absolute Gasteiger partial charge is 0.257 e. The van der Waals surface area contributed by atoms with Crippen molar-refractivity contribution in [3.05, 3.63) is 100 Å². The molecule has 8 heteroatoms. The molecule has 0 aliphatic carbocycles. The van der Waals surface area contributed by atoms with Gasteiger partial charge < -0.3 is 10.2 Å². The fraction of sp³-hybridized carbons (Fsp3) is 0.115. The number of hydrogen-bond donors (Lipinski definition) is 1. The molecule has 0 unspecified atom stereocenters. The molecule has 4 aromatic rings. The van der Waals surface area contributed by atoms with Crippen LogP contribution in [-0.4, -0.2) is 40.1 Å². The van der Waals surface area contributed by atoms with Crippen molar-refractivity contribution in [1.29, 1.82) is 0 Å². The van der Waals surface area contributed by atoms with E-state index in [-0.39, 0.29) is 12.5 Å². The summed E-state index contributed by atoms with van der Waals surface area (Å²) in [4.78, 5) is 27.4. The highest BCUT2D eigenvalue weighted by molar-refractivity contribution is 6.39. The molecule has 3 aromatic carbocycles. The third-order valence-electron chi connectivity index (χ3n) is 5.21. The van der Waals surface area contributed by atoms with E-state index in [9.17, 15) is 9.59 Å². The van der Waals surface area contributed by atoms with E-state index in [2.05, 4.69) is 5.32 Å². The molecule has 0 aliphatic rings. The van der Waals surface area contributed by atoms with E-state index in [1.807, 2.05) is 61.5 Å². The van der Waals surface area contributed by atoms with Crippen molar-refractivity contribution < 1.29 is 9.59 Å². The second kappa shape index (κ2) is 10.1. The average Bonchev–Trinajstić information content (AvgIpc) is 3.27. The van der Waals surface area contributed by atoms with E-state index < -0.39 is 5.91 Å². The van der Waals surface area contributed by atoms with Crippen molar-refractivity contribution in [3.8, 4) is 16.9 Å². The van der Waals surface area contributed by atoms with Gasteiger partial charge in [0, 0.05) is 18.8 Å². The van der Waals surface area contributed by atoms with E-state index in [0.717, 1.165) is 16.8 Å². The van der Waals surface area contributed by atoms with Gasteiger partial charge >= 0.3 is 0 Å². The summed E-state index contributed by atoms with van der Waals surface area (Å²) in [5.41, 5.74) is 3.94. The number of likely N-dealkylation sites (N-methyl/N-ethyl adjacent to an activating group) is 1. The van der Waals surface area contributed by atoms with Crippen LogP contribution in [0.4, 0.5) is 5.69 Å². The Bertz CT molecular complexity index is 1330. The SMILES string of the molecule is Cc1cccc(-c2nn(-c3ccccc3)cc2C(=O)N(C)CC(=O)Nc2c(Cl)cccc2Cl)c1. The summed E-state index contributed by atoms with van der Waals surface area (Å²) in [7, 11) is 1.57. The molecule has 172 valence electrons. The molecule has 1 N–H and O–H groups in total. The van der Waals surface area contributed by atoms with Gasteiger partial charge in [-0.1, -0.05) is 71.2 Å². The quantitative estimate of drug-likeness (QED) is 0.366. The topological polar surface area (TPSA) is 67.2 Å². The van der Waals surface area contributed by atoms with Gasteiger partial charge in [-0.15, -0.1) is 0 Å². The first-order valence-electron chi connectivity index (χ1n) is 10.5. The van der Waals surface area contributed by atoms with Crippen LogP contribution in [0.1, 0.15) is 15.9 Å². The van der Waals surface area contributed by atoms with Crippen LogP contribution in [0, 0.1) is 6.92 Å². The number of carbonyl (C=O) groups is 2. The Balaban J connectivity index is 1.62. The number of aromatic nitrogens is 2. The number of para-hydroxylation sites is 2. The van der Waals surface area contributed by atoms with Crippen LogP contribution in [0.15, 0.2) is 79.0 Å². The van der Waals surface area contributed by atoms with Gasteiger partial charge in [-0.2, -0.15) is 5.10 Å². The van der Waals surface area contributed by atoms with Gasteiger partial charge in [0.1, 0.15) is 5.69 Å². The monoisotopic (exact) mass is 492 g/mol. The Kier molecular flexibility index (Phi) is 7.01. The molecule has 0 saturated heterocycles. The van der Waals surface area contributed by atoms with Gasteiger partial charge in [-0.05, 0) is 37.3 Å². The second-order valence-corrected chi connectivity index (χ2v) is 8.66. The maximum absolute atomic E-state index is 13.4. The van der Waals surface area contributed by atoms with E-state index in [4.69, 9.17) is 28.3 Å². The van der Waals surface area contributed by atoms with Crippen molar-refractivity contribution in [2.45, 2.75) is 6.92 Å². The summed E-state index contributed by atoms with van der Waals surface area (Å²) in [6, 6.07) is 22.3. The van der Waals surface area contributed by atoms with E-state index in [1.54, 1.807) is 36.1 Å². The lowest BCUT2D eigenvalue weighted by Crippen LogP contribution is -2.35. The van der Waals surface area contributed by atoms with Crippen molar-refractivity contribution >= 4 is 40.7 Å². The molecule has 0 atom stereocenters. The Morgan fingerprint density at radius 3 is 2.32 bits per heavy atom. The first-order valence-corrected chi connectivity index (χ1v) is 11.3. The number of benzene rings is 3. The predicted molar refractivity (Wildman–Crippen MR) is 136 cm³/mol. The second-order valence-electron chi connectivity index (χ2n) is 7.85. The summed E-state index contributed by atoms with van der Waals surface area (Å²) in [6.07, 6.45) is 1.69. The summed E-state index contributed by atoms with van der Waals surface area (Å²) in [5.74, 6) is -0.752.